The summed E-state index contributed by atoms with van der Waals surface area (Å²) in [5, 5.41) is 3.34. The third-order valence-electron chi connectivity index (χ3n) is 3.06. The topological polar surface area (TPSA) is 29.1 Å². The Morgan fingerprint density at radius 3 is 2.94 bits per heavy atom. The van der Waals surface area contributed by atoms with Gasteiger partial charge in [0.25, 0.3) is 0 Å². The third-order valence-corrected chi connectivity index (χ3v) is 3.06. The van der Waals surface area contributed by atoms with E-state index in [0.29, 0.717) is 6.42 Å². The van der Waals surface area contributed by atoms with Crippen LogP contribution in [0.2, 0.25) is 0 Å². The van der Waals surface area contributed by atoms with Crippen molar-refractivity contribution in [3.05, 3.63) is 48.0 Å². The molecule has 0 bridgehead atoms. The molecule has 0 saturated carbocycles. The first-order chi connectivity index (χ1) is 7.81. The van der Waals surface area contributed by atoms with Crippen LogP contribution in [-0.2, 0) is 6.42 Å². The summed E-state index contributed by atoms with van der Waals surface area (Å²) in [5.41, 5.74) is 2.10. The number of hydrogen-bond donors (Lipinski definition) is 1. The van der Waals surface area contributed by atoms with Crippen LogP contribution < -0.4 is 5.32 Å². The molecule has 0 radical (unpaired) electrons. The van der Waals surface area contributed by atoms with Gasteiger partial charge in [0.2, 0.25) is 0 Å². The third kappa shape index (κ3) is 3.42. The van der Waals surface area contributed by atoms with E-state index >= 15 is 0 Å². The molecule has 1 aliphatic carbocycles. The van der Waals surface area contributed by atoms with E-state index in [1.54, 1.807) is 0 Å². The molecule has 0 heterocycles. The Kier molecular flexibility index (Phi) is 5.39. The number of Topliss-reactive ketones (excluding diaryl/α,β-unsaturated/α-hetero) is 1. The Morgan fingerprint density at radius 1 is 1.41 bits per heavy atom. The fourth-order valence-corrected chi connectivity index (χ4v) is 2.20. The monoisotopic (exact) mass is 251 g/mol. The summed E-state index contributed by atoms with van der Waals surface area (Å²) in [6.07, 6.45) is 4.45. The molecule has 2 nitrogen and oxygen atoms in total. The van der Waals surface area contributed by atoms with Gasteiger partial charge in [0.1, 0.15) is 0 Å². The Labute approximate surface area is 109 Å². The fourth-order valence-electron chi connectivity index (χ4n) is 2.20. The molecule has 1 aromatic rings. The Hall–Kier alpha value is -1.12. The first-order valence-electron chi connectivity index (χ1n) is 5.76. The van der Waals surface area contributed by atoms with Crippen molar-refractivity contribution >= 4 is 18.2 Å². The summed E-state index contributed by atoms with van der Waals surface area (Å²) in [6.45, 7) is 4.45. The number of ketones is 1. The van der Waals surface area contributed by atoms with Crippen molar-refractivity contribution in [2.24, 2.45) is 0 Å². The lowest BCUT2D eigenvalue weighted by Crippen LogP contribution is -2.30. The van der Waals surface area contributed by atoms with Gasteiger partial charge in [0, 0.05) is 24.6 Å². The lowest BCUT2D eigenvalue weighted by atomic mass is 10.0. The summed E-state index contributed by atoms with van der Waals surface area (Å²) < 4.78 is 0. The van der Waals surface area contributed by atoms with Crippen LogP contribution in [0.25, 0.3) is 0 Å². The number of carbonyl (C=O) groups excluding carboxylic acids is 1. The maximum Gasteiger partial charge on any atom is 0.164 e. The summed E-state index contributed by atoms with van der Waals surface area (Å²) in [5.74, 6) is 0.259. The highest BCUT2D eigenvalue weighted by atomic mass is 35.5. The molecule has 0 spiro atoms. The zero-order valence-corrected chi connectivity index (χ0v) is 10.6. The van der Waals surface area contributed by atoms with Gasteiger partial charge < -0.3 is 5.32 Å². The zero-order chi connectivity index (χ0) is 11.4. The molecule has 0 fully saturated rings. The number of benzene rings is 1. The van der Waals surface area contributed by atoms with Crippen molar-refractivity contribution in [1.82, 2.24) is 5.32 Å². The van der Waals surface area contributed by atoms with Crippen molar-refractivity contribution in [1.29, 1.82) is 0 Å². The van der Waals surface area contributed by atoms with E-state index in [4.69, 9.17) is 0 Å². The maximum absolute atomic E-state index is 12.0. The molecule has 0 aromatic heterocycles. The molecule has 2 rings (SSSR count). The summed E-state index contributed by atoms with van der Waals surface area (Å²) in [4.78, 5) is 12.0. The molecule has 92 valence electrons. The Bertz CT molecular complexity index is 403. The van der Waals surface area contributed by atoms with E-state index in [-0.39, 0.29) is 24.2 Å². The maximum atomic E-state index is 12.0. The van der Waals surface area contributed by atoms with Gasteiger partial charge in [0.15, 0.2) is 5.78 Å². The van der Waals surface area contributed by atoms with Gasteiger partial charge in [0.05, 0.1) is 0 Å². The van der Waals surface area contributed by atoms with Gasteiger partial charge >= 0.3 is 0 Å². The van der Waals surface area contributed by atoms with Crippen molar-refractivity contribution in [3.63, 3.8) is 0 Å². The number of carbonyl (C=O) groups is 1. The molecule has 0 saturated heterocycles. The Balaban J connectivity index is 0.00000144. The van der Waals surface area contributed by atoms with E-state index in [1.165, 1.54) is 5.56 Å². The lowest BCUT2D eigenvalue weighted by molar-refractivity contribution is 0.0971. The van der Waals surface area contributed by atoms with Crippen LogP contribution in [0.15, 0.2) is 36.9 Å². The molecule has 1 N–H and O–H groups in total. The molecule has 1 unspecified atom stereocenters. The number of halogens is 1. The van der Waals surface area contributed by atoms with Crippen LogP contribution in [0.4, 0.5) is 0 Å². The molecule has 1 atom stereocenters. The molecule has 17 heavy (non-hydrogen) atoms. The average molecular weight is 252 g/mol. The molecule has 1 aliphatic rings. The number of nitrogens with one attached hydrogen (secondary N) is 1. The van der Waals surface area contributed by atoms with Gasteiger partial charge in [-0.2, -0.15) is 0 Å². The lowest BCUT2D eigenvalue weighted by Gasteiger charge is -2.13. The minimum absolute atomic E-state index is 0. The summed E-state index contributed by atoms with van der Waals surface area (Å²) in [6, 6.07) is 8.23. The minimum atomic E-state index is 0. The van der Waals surface area contributed by atoms with Crippen molar-refractivity contribution in [2.45, 2.75) is 25.3 Å². The SMILES string of the molecule is C=CCNC1CCc2ccccc2C(=O)C1.Cl. The minimum Gasteiger partial charge on any atom is -0.310 e. The van der Waals surface area contributed by atoms with Gasteiger partial charge in [-0.3, -0.25) is 4.79 Å². The highest BCUT2D eigenvalue weighted by Crippen LogP contribution is 2.20. The highest BCUT2D eigenvalue weighted by Gasteiger charge is 2.21. The molecule has 3 heteroatoms. The van der Waals surface area contributed by atoms with Crippen LogP contribution in [0, 0.1) is 0 Å². The van der Waals surface area contributed by atoms with Crippen molar-refractivity contribution in [2.75, 3.05) is 6.54 Å². The van der Waals surface area contributed by atoms with E-state index in [0.717, 1.165) is 24.9 Å². The second-order valence-electron chi connectivity index (χ2n) is 4.22. The molecule has 0 amide bonds. The van der Waals surface area contributed by atoms with Gasteiger partial charge in [-0.15, -0.1) is 19.0 Å². The predicted molar refractivity (Wildman–Crippen MR) is 72.9 cm³/mol. The van der Waals surface area contributed by atoms with Crippen molar-refractivity contribution in [3.8, 4) is 0 Å². The van der Waals surface area contributed by atoms with Gasteiger partial charge in [-0.05, 0) is 18.4 Å². The van der Waals surface area contributed by atoms with Crippen LogP contribution >= 0.6 is 12.4 Å². The van der Waals surface area contributed by atoms with Crippen LogP contribution in [0.1, 0.15) is 28.8 Å². The Morgan fingerprint density at radius 2 is 2.18 bits per heavy atom. The number of fused-ring (bicyclic) bond motifs is 1. The van der Waals surface area contributed by atoms with Gasteiger partial charge in [-0.25, -0.2) is 0 Å². The second kappa shape index (κ2) is 6.58. The van der Waals surface area contributed by atoms with E-state index in [9.17, 15) is 4.79 Å². The fraction of sp³-hybridized carbons (Fsp3) is 0.357. The summed E-state index contributed by atoms with van der Waals surface area (Å²) >= 11 is 0. The predicted octanol–water partition coefficient (Wildman–Crippen LogP) is 2.77. The van der Waals surface area contributed by atoms with Gasteiger partial charge in [-0.1, -0.05) is 30.3 Å². The molecule has 0 aliphatic heterocycles. The first kappa shape index (κ1) is 13.9. The van der Waals surface area contributed by atoms with Crippen LogP contribution in [0.3, 0.4) is 0 Å². The van der Waals surface area contributed by atoms with Crippen LogP contribution in [-0.4, -0.2) is 18.4 Å². The average Bonchev–Trinajstić information content (AvgIpc) is 2.47. The quantitative estimate of drug-likeness (QED) is 0.661. The van der Waals surface area contributed by atoms with E-state index < -0.39 is 0 Å². The van der Waals surface area contributed by atoms with Crippen LogP contribution in [0.5, 0.6) is 0 Å². The van der Waals surface area contributed by atoms with E-state index in [2.05, 4.69) is 18.0 Å². The standard InChI is InChI=1S/C14H17NO.ClH/c1-2-9-15-12-8-7-11-5-3-4-6-13(11)14(16)10-12;/h2-6,12,15H,1,7-10H2;1H. The smallest absolute Gasteiger partial charge is 0.164 e. The zero-order valence-electron chi connectivity index (χ0n) is 9.82. The number of hydrogen-bond acceptors (Lipinski definition) is 2. The summed E-state index contributed by atoms with van der Waals surface area (Å²) in [7, 11) is 0. The normalized spacial score (nSPS) is 18.8. The molecular weight excluding hydrogens is 234 g/mol. The number of aryl methyl sites for hydroxylation is 1. The molecular formula is C14H18ClNO. The highest BCUT2D eigenvalue weighted by molar-refractivity contribution is 5.98. The first-order valence-corrected chi connectivity index (χ1v) is 5.76. The number of rotatable bonds is 3. The van der Waals surface area contributed by atoms with Crippen molar-refractivity contribution < 1.29 is 4.79 Å². The molecule has 1 aromatic carbocycles. The largest absolute Gasteiger partial charge is 0.310 e. The van der Waals surface area contributed by atoms with E-state index in [1.807, 2.05) is 24.3 Å². The second-order valence-corrected chi connectivity index (χ2v) is 4.22.